The second-order valence-electron chi connectivity index (χ2n) is 3.13. The topological polar surface area (TPSA) is 12.9 Å². The standard InChI is InChI=1S/C10H16BrNS/c1-3-8(4-2)10-12-9(5-6-11)7-13-10/h7-8H,3-6H2,1-2H3. The fraction of sp³-hybridized carbons (Fsp3) is 0.700. The van der Waals surface area contributed by atoms with Crippen LogP contribution < -0.4 is 0 Å². The van der Waals surface area contributed by atoms with E-state index in [1.54, 1.807) is 0 Å². The van der Waals surface area contributed by atoms with Gasteiger partial charge < -0.3 is 0 Å². The van der Waals surface area contributed by atoms with Crippen molar-refractivity contribution < 1.29 is 0 Å². The van der Waals surface area contributed by atoms with Crippen LogP contribution in [0, 0.1) is 0 Å². The maximum absolute atomic E-state index is 4.63. The minimum Gasteiger partial charge on any atom is -0.246 e. The Bertz CT molecular complexity index is 243. The maximum atomic E-state index is 4.63. The van der Waals surface area contributed by atoms with Gasteiger partial charge in [-0.1, -0.05) is 29.8 Å². The van der Waals surface area contributed by atoms with Crippen LogP contribution in [-0.4, -0.2) is 10.3 Å². The lowest BCUT2D eigenvalue weighted by Gasteiger charge is -2.06. The SMILES string of the molecule is CCC(CC)c1nc(CCBr)cs1. The third-order valence-electron chi connectivity index (χ3n) is 2.25. The Hall–Kier alpha value is 0.110. The summed E-state index contributed by atoms with van der Waals surface area (Å²) >= 11 is 5.25. The molecule has 0 unspecified atom stereocenters. The monoisotopic (exact) mass is 261 g/mol. The molecule has 0 fully saturated rings. The van der Waals surface area contributed by atoms with Crippen LogP contribution in [0.4, 0.5) is 0 Å². The van der Waals surface area contributed by atoms with Crippen molar-refractivity contribution in [2.75, 3.05) is 5.33 Å². The van der Waals surface area contributed by atoms with E-state index in [1.165, 1.54) is 23.5 Å². The van der Waals surface area contributed by atoms with E-state index in [9.17, 15) is 0 Å². The molecule has 0 N–H and O–H groups in total. The average Bonchev–Trinajstić information content (AvgIpc) is 2.56. The van der Waals surface area contributed by atoms with E-state index in [4.69, 9.17) is 0 Å². The summed E-state index contributed by atoms with van der Waals surface area (Å²) in [5, 5.41) is 4.52. The van der Waals surface area contributed by atoms with E-state index >= 15 is 0 Å². The Kier molecular flexibility index (Phi) is 4.96. The lowest BCUT2D eigenvalue weighted by atomic mass is 10.1. The van der Waals surface area contributed by atoms with Crippen LogP contribution in [0.2, 0.25) is 0 Å². The molecule has 1 aromatic heterocycles. The molecule has 1 rings (SSSR count). The van der Waals surface area contributed by atoms with Gasteiger partial charge in [-0.25, -0.2) is 4.98 Å². The second kappa shape index (κ2) is 5.76. The number of alkyl halides is 1. The first-order valence-corrected chi connectivity index (χ1v) is 6.82. The number of aromatic nitrogens is 1. The van der Waals surface area contributed by atoms with Crippen molar-refractivity contribution in [1.82, 2.24) is 4.98 Å². The summed E-state index contributed by atoms with van der Waals surface area (Å²) in [4.78, 5) is 4.63. The number of hydrogen-bond acceptors (Lipinski definition) is 2. The molecule has 3 heteroatoms. The Morgan fingerprint density at radius 3 is 2.69 bits per heavy atom. The van der Waals surface area contributed by atoms with Crippen molar-refractivity contribution in [2.24, 2.45) is 0 Å². The predicted octanol–water partition coefficient (Wildman–Crippen LogP) is 3.98. The Morgan fingerprint density at radius 2 is 2.15 bits per heavy atom. The number of hydrogen-bond donors (Lipinski definition) is 0. The zero-order valence-corrected chi connectivity index (χ0v) is 10.6. The molecule has 0 saturated heterocycles. The molecule has 0 bridgehead atoms. The van der Waals surface area contributed by atoms with Crippen LogP contribution in [0.15, 0.2) is 5.38 Å². The maximum Gasteiger partial charge on any atom is 0.0959 e. The molecule has 1 aromatic rings. The average molecular weight is 262 g/mol. The highest BCUT2D eigenvalue weighted by Gasteiger charge is 2.10. The van der Waals surface area contributed by atoms with Crippen molar-refractivity contribution in [1.29, 1.82) is 0 Å². The lowest BCUT2D eigenvalue weighted by Crippen LogP contribution is -1.95. The zero-order valence-electron chi connectivity index (χ0n) is 8.22. The summed E-state index contributed by atoms with van der Waals surface area (Å²) in [5.74, 6) is 0.675. The van der Waals surface area contributed by atoms with E-state index in [-0.39, 0.29) is 0 Å². The smallest absolute Gasteiger partial charge is 0.0959 e. The van der Waals surface area contributed by atoms with Crippen molar-refractivity contribution in [3.63, 3.8) is 0 Å². The van der Waals surface area contributed by atoms with Gasteiger partial charge in [-0.05, 0) is 12.8 Å². The predicted molar refractivity (Wildman–Crippen MR) is 62.9 cm³/mol. The van der Waals surface area contributed by atoms with Gasteiger partial charge in [0.1, 0.15) is 0 Å². The van der Waals surface area contributed by atoms with Crippen molar-refractivity contribution in [2.45, 2.75) is 39.0 Å². The quantitative estimate of drug-likeness (QED) is 0.731. The van der Waals surface area contributed by atoms with E-state index in [1.807, 2.05) is 11.3 Å². The molecule has 0 aromatic carbocycles. The van der Waals surface area contributed by atoms with Gasteiger partial charge in [0.2, 0.25) is 0 Å². The van der Waals surface area contributed by atoms with E-state index in [0.29, 0.717) is 5.92 Å². The van der Waals surface area contributed by atoms with Crippen molar-refractivity contribution in [3.8, 4) is 0 Å². The Balaban J connectivity index is 2.66. The van der Waals surface area contributed by atoms with Gasteiger partial charge in [0.25, 0.3) is 0 Å². The van der Waals surface area contributed by atoms with Crippen molar-refractivity contribution in [3.05, 3.63) is 16.1 Å². The normalized spacial score (nSPS) is 11.1. The van der Waals surface area contributed by atoms with Gasteiger partial charge in [0.15, 0.2) is 0 Å². The van der Waals surface area contributed by atoms with Crippen molar-refractivity contribution >= 4 is 27.3 Å². The van der Waals surface area contributed by atoms with E-state index in [0.717, 1.165) is 11.8 Å². The molecule has 1 heterocycles. The van der Waals surface area contributed by atoms with Crippen LogP contribution in [0.3, 0.4) is 0 Å². The Morgan fingerprint density at radius 1 is 1.46 bits per heavy atom. The first kappa shape index (κ1) is 11.2. The number of thiazole rings is 1. The molecule has 1 nitrogen and oxygen atoms in total. The van der Waals surface area contributed by atoms with Crippen LogP contribution in [0.5, 0.6) is 0 Å². The number of aryl methyl sites for hydroxylation is 1. The number of nitrogens with zero attached hydrogens (tertiary/aromatic N) is 1. The first-order chi connectivity index (χ1) is 6.31. The summed E-state index contributed by atoms with van der Waals surface area (Å²) in [6, 6.07) is 0. The van der Waals surface area contributed by atoms with Gasteiger partial charge >= 0.3 is 0 Å². The third-order valence-corrected chi connectivity index (χ3v) is 3.71. The highest BCUT2D eigenvalue weighted by Crippen LogP contribution is 2.26. The van der Waals surface area contributed by atoms with Gasteiger partial charge in [-0.15, -0.1) is 11.3 Å². The van der Waals surface area contributed by atoms with Gasteiger partial charge in [-0.3, -0.25) is 0 Å². The molecular formula is C10H16BrNS. The zero-order chi connectivity index (χ0) is 9.68. The molecule has 0 aliphatic carbocycles. The second-order valence-corrected chi connectivity index (χ2v) is 4.81. The van der Waals surface area contributed by atoms with Gasteiger partial charge in [0.05, 0.1) is 10.7 Å². The van der Waals surface area contributed by atoms with Crippen LogP contribution in [0.1, 0.15) is 43.3 Å². The molecule has 0 atom stereocenters. The molecule has 74 valence electrons. The van der Waals surface area contributed by atoms with Crippen LogP contribution in [0.25, 0.3) is 0 Å². The van der Waals surface area contributed by atoms with E-state index in [2.05, 4.69) is 40.1 Å². The fourth-order valence-electron chi connectivity index (χ4n) is 1.36. The molecule has 0 radical (unpaired) electrons. The fourth-order valence-corrected chi connectivity index (χ4v) is 2.89. The molecule has 0 saturated carbocycles. The minimum absolute atomic E-state index is 0.675. The van der Waals surface area contributed by atoms with Crippen LogP contribution in [-0.2, 0) is 6.42 Å². The summed E-state index contributed by atoms with van der Waals surface area (Å²) in [6.45, 7) is 4.47. The summed E-state index contributed by atoms with van der Waals surface area (Å²) in [5.41, 5.74) is 1.24. The molecular weight excluding hydrogens is 246 g/mol. The summed E-state index contributed by atoms with van der Waals surface area (Å²) in [7, 11) is 0. The number of rotatable bonds is 5. The van der Waals surface area contributed by atoms with Gasteiger partial charge in [0, 0.05) is 23.0 Å². The lowest BCUT2D eigenvalue weighted by molar-refractivity contribution is 0.635. The molecule has 0 aliphatic heterocycles. The van der Waals surface area contributed by atoms with Crippen LogP contribution >= 0.6 is 27.3 Å². The largest absolute Gasteiger partial charge is 0.246 e. The highest BCUT2D eigenvalue weighted by molar-refractivity contribution is 9.09. The third kappa shape index (κ3) is 3.06. The molecule has 13 heavy (non-hydrogen) atoms. The number of halogens is 1. The highest BCUT2D eigenvalue weighted by atomic mass is 79.9. The first-order valence-electron chi connectivity index (χ1n) is 4.82. The molecule has 0 aliphatic rings. The van der Waals surface area contributed by atoms with Gasteiger partial charge in [-0.2, -0.15) is 0 Å². The van der Waals surface area contributed by atoms with E-state index < -0.39 is 0 Å². The summed E-state index contributed by atoms with van der Waals surface area (Å²) < 4.78 is 0. The molecule has 0 amide bonds. The minimum atomic E-state index is 0.675. The Labute approximate surface area is 92.7 Å². The summed E-state index contributed by atoms with van der Waals surface area (Å²) in [6.07, 6.45) is 3.46. The molecule has 0 spiro atoms.